The maximum Gasteiger partial charge on any atom is 0.0473 e. The summed E-state index contributed by atoms with van der Waals surface area (Å²) in [4.78, 5) is 10.1. The van der Waals surface area contributed by atoms with E-state index in [2.05, 4.69) is 232 Å². The lowest BCUT2D eigenvalue weighted by molar-refractivity contribution is 0.607. The Morgan fingerprint density at radius 2 is 0.824 bits per heavy atom. The second kappa shape index (κ2) is 14.8. The van der Waals surface area contributed by atoms with Crippen molar-refractivity contribution in [1.29, 1.82) is 0 Å². The van der Waals surface area contributed by atoms with E-state index in [-0.39, 0.29) is 10.8 Å². The van der Waals surface area contributed by atoms with Gasteiger partial charge >= 0.3 is 0 Å². The maximum atomic E-state index is 2.46. The van der Waals surface area contributed by atoms with Crippen LogP contribution in [0.4, 0.5) is 34.1 Å². The Bertz CT molecular complexity index is 3690. The summed E-state index contributed by atoms with van der Waals surface area (Å²) in [6, 6.07) is 68.6. The first kappa shape index (κ1) is 40.1. The van der Waals surface area contributed by atoms with Crippen molar-refractivity contribution in [3.8, 4) is 33.4 Å². The molecule has 326 valence electrons. The molecule has 2 nitrogen and oxygen atoms in total. The quantitative estimate of drug-likeness (QED) is 0.164. The minimum absolute atomic E-state index is 0.0000966. The van der Waals surface area contributed by atoms with Crippen molar-refractivity contribution in [3.05, 3.63) is 222 Å². The molecule has 2 heterocycles. The number of benzene rings is 9. The van der Waals surface area contributed by atoms with E-state index in [1.54, 1.807) is 5.57 Å². The van der Waals surface area contributed by atoms with Gasteiger partial charge in [0.25, 0.3) is 0 Å². The van der Waals surface area contributed by atoms with Crippen LogP contribution in [0.1, 0.15) is 62.8 Å². The van der Waals surface area contributed by atoms with E-state index in [0.29, 0.717) is 0 Å². The number of allylic oxidation sites excluding steroid dienone is 4. The average molecular weight is 909 g/mol. The van der Waals surface area contributed by atoms with Gasteiger partial charge in [-0.2, -0.15) is 0 Å². The second-order valence-corrected chi connectivity index (χ2v) is 22.1. The van der Waals surface area contributed by atoms with Gasteiger partial charge in [0.15, 0.2) is 0 Å². The molecule has 2 aliphatic heterocycles. The highest BCUT2D eigenvalue weighted by molar-refractivity contribution is 8.00. The molecule has 14 rings (SSSR count). The molecule has 9 aromatic carbocycles. The highest BCUT2D eigenvalue weighted by atomic mass is 32.2. The monoisotopic (exact) mass is 908 g/mol. The lowest BCUT2D eigenvalue weighted by Gasteiger charge is -2.31. The molecular formula is C64H48N2S2. The van der Waals surface area contributed by atoms with Crippen molar-refractivity contribution in [3.63, 3.8) is 0 Å². The van der Waals surface area contributed by atoms with Crippen LogP contribution in [-0.2, 0) is 10.8 Å². The molecule has 0 bridgehead atoms. The number of anilines is 6. The van der Waals surface area contributed by atoms with Gasteiger partial charge in [-0.3, -0.25) is 0 Å². The summed E-state index contributed by atoms with van der Waals surface area (Å²) in [7, 11) is 0. The minimum atomic E-state index is -0.0852. The van der Waals surface area contributed by atoms with Gasteiger partial charge in [0.05, 0.1) is 0 Å². The van der Waals surface area contributed by atoms with Crippen molar-refractivity contribution >= 4 is 74.0 Å². The highest BCUT2D eigenvalue weighted by Crippen LogP contribution is 2.58. The third kappa shape index (κ3) is 5.80. The normalized spacial score (nSPS) is 15.8. The van der Waals surface area contributed by atoms with Gasteiger partial charge in [0.2, 0.25) is 0 Å². The molecule has 0 saturated carbocycles. The summed E-state index contributed by atoms with van der Waals surface area (Å²) in [5, 5.41) is 2.73. The van der Waals surface area contributed by atoms with Gasteiger partial charge in [0.1, 0.15) is 0 Å². The van der Waals surface area contributed by atoms with Crippen LogP contribution in [0.25, 0.3) is 49.7 Å². The maximum absolute atomic E-state index is 2.46. The molecule has 0 fully saturated rings. The van der Waals surface area contributed by atoms with Gasteiger partial charge in [-0.25, -0.2) is 0 Å². The van der Waals surface area contributed by atoms with E-state index >= 15 is 0 Å². The van der Waals surface area contributed by atoms with Gasteiger partial charge in [-0.05, 0) is 159 Å². The smallest absolute Gasteiger partial charge is 0.0473 e. The summed E-state index contributed by atoms with van der Waals surface area (Å²) in [5.41, 5.74) is 23.4. The summed E-state index contributed by atoms with van der Waals surface area (Å²) < 4.78 is 0. The molecule has 0 atom stereocenters. The molecule has 0 spiro atoms. The van der Waals surface area contributed by atoms with Crippen molar-refractivity contribution < 1.29 is 0 Å². The molecule has 0 N–H and O–H groups in total. The molecule has 4 heteroatoms. The topological polar surface area (TPSA) is 6.48 Å². The van der Waals surface area contributed by atoms with Gasteiger partial charge in [0, 0.05) is 75.3 Å². The fraction of sp³-hybridized carbons (Fsp3) is 0.125. The van der Waals surface area contributed by atoms with E-state index in [1.807, 2.05) is 23.5 Å². The van der Waals surface area contributed by atoms with Crippen LogP contribution in [0.3, 0.4) is 0 Å². The number of hydrogen-bond donors (Lipinski definition) is 0. The van der Waals surface area contributed by atoms with Crippen molar-refractivity contribution in [1.82, 2.24) is 0 Å². The largest absolute Gasteiger partial charge is 0.310 e. The first-order chi connectivity index (χ1) is 33.2. The van der Waals surface area contributed by atoms with E-state index in [9.17, 15) is 0 Å². The predicted molar refractivity (Wildman–Crippen MR) is 288 cm³/mol. The number of rotatable bonds is 6. The molecule has 0 radical (unpaired) electrons. The molecule has 5 aliphatic rings. The minimum Gasteiger partial charge on any atom is -0.310 e. The van der Waals surface area contributed by atoms with Crippen LogP contribution in [0.5, 0.6) is 0 Å². The Morgan fingerprint density at radius 3 is 1.40 bits per heavy atom. The Morgan fingerprint density at radius 1 is 0.368 bits per heavy atom. The third-order valence-electron chi connectivity index (χ3n) is 15.6. The summed E-state index contributed by atoms with van der Waals surface area (Å²) in [5.74, 6) is 0. The van der Waals surface area contributed by atoms with Crippen LogP contribution < -0.4 is 9.80 Å². The first-order valence-electron chi connectivity index (χ1n) is 24.0. The predicted octanol–water partition coefficient (Wildman–Crippen LogP) is 18.7. The lowest BCUT2D eigenvalue weighted by atomic mass is 9.78. The number of fused-ring (bicyclic) bond motifs is 9. The molecule has 9 aromatic rings. The molecule has 0 saturated heterocycles. The zero-order valence-corrected chi connectivity index (χ0v) is 40.2. The van der Waals surface area contributed by atoms with E-state index in [1.165, 1.54) is 109 Å². The second-order valence-electron chi connectivity index (χ2n) is 20.0. The van der Waals surface area contributed by atoms with Crippen LogP contribution in [-0.4, -0.2) is 0 Å². The van der Waals surface area contributed by atoms with Gasteiger partial charge < -0.3 is 9.80 Å². The van der Waals surface area contributed by atoms with Crippen LogP contribution in [0, 0.1) is 0 Å². The SMILES string of the molecule is CC1(C)C2=C(C=CCC2)c2ccc(N(c3ccccc3)c3ccc4c(c3)Sc3ccc5c6c(ccc-4c36)-c3ccc(N(c4ccccc4)c4ccc6c(c4)C(C)(C)c4ccccc4-6)cc3S5)cc21. The van der Waals surface area contributed by atoms with Crippen molar-refractivity contribution in [2.75, 3.05) is 9.80 Å². The Kier molecular flexibility index (Phi) is 8.71. The van der Waals surface area contributed by atoms with Crippen LogP contribution in [0.15, 0.2) is 219 Å². The zero-order chi connectivity index (χ0) is 45.5. The first-order valence-corrected chi connectivity index (χ1v) is 25.6. The van der Waals surface area contributed by atoms with Crippen LogP contribution in [0.2, 0.25) is 0 Å². The summed E-state index contributed by atoms with van der Waals surface area (Å²) >= 11 is 3.82. The van der Waals surface area contributed by atoms with Crippen molar-refractivity contribution in [2.45, 2.75) is 70.9 Å². The Balaban J connectivity index is 0.840. The highest BCUT2D eigenvalue weighted by Gasteiger charge is 2.39. The molecule has 0 aromatic heterocycles. The molecule has 0 unspecified atom stereocenters. The Hall–Kier alpha value is -6.98. The van der Waals surface area contributed by atoms with Crippen molar-refractivity contribution in [2.24, 2.45) is 0 Å². The Labute approximate surface area is 407 Å². The average Bonchev–Trinajstić information content (AvgIpc) is 3.74. The number of hydrogen-bond acceptors (Lipinski definition) is 4. The van der Waals surface area contributed by atoms with Crippen LogP contribution >= 0.6 is 23.5 Å². The summed E-state index contributed by atoms with van der Waals surface area (Å²) in [6.07, 6.45) is 6.96. The lowest BCUT2D eigenvalue weighted by Crippen LogP contribution is -2.18. The molecule has 0 amide bonds. The summed E-state index contributed by atoms with van der Waals surface area (Å²) in [6.45, 7) is 9.56. The zero-order valence-electron chi connectivity index (χ0n) is 38.6. The molecule has 68 heavy (non-hydrogen) atoms. The molecular weight excluding hydrogens is 861 g/mol. The number of nitrogens with zero attached hydrogens (tertiary/aromatic N) is 2. The van der Waals surface area contributed by atoms with E-state index < -0.39 is 0 Å². The third-order valence-corrected chi connectivity index (χ3v) is 17.8. The molecule has 3 aliphatic carbocycles. The van der Waals surface area contributed by atoms with Gasteiger partial charge in [-0.1, -0.05) is 166 Å². The van der Waals surface area contributed by atoms with E-state index in [4.69, 9.17) is 0 Å². The standard InChI is InChI=1S/C64H48N2S2/c1-63(2)53-21-13-11-19-45(53)47-27-23-41(35-55(47)63)65(39-15-7-5-8-16-39)43-25-29-49-51-31-32-52-50-30-26-44(38-60(50)68-58-34-33-57(61(51)62(52)58)67-59(49)37-43)66(40-17-9-6-10-18-40)42-24-28-48-46-20-12-14-22-54(46)64(3,4)56(48)36-42/h5-13,15-21,23-38H,14,22H2,1-4H3. The fourth-order valence-electron chi connectivity index (χ4n) is 12.2. The fourth-order valence-corrected chi connectivity index (χ4v) is 14.5. The van der Waals surface area contributed by atoms with E-state index in [0.717, 1.165) is 29.9 Å². The number of para-hydroxylation sites is 2. The van der Waals surface area contributed by atoms with Gasteiger partial charge in [-0.15, -0.1) is 0 Å².